The van der Waals surface area contributed by atoms with Gasteiger partial charge < -0.3 is 10.1 Å². The van der Waals surface area contributed by atoms with Gasteiger partial charge in [-0.1, -0.05) is 0 Å². The van der Waals surface area contributed by atoms with Crippen LogP contribution in [-0.2, 0) is 9.53 Å². The minimum absolute atomic E-state index is 0.246. The Morgan fingerprint density at radius 3 is 2.64 bits per heavy atom. The second-order valence-corrected chi connectivity index (χ2v) is 5.22. The highest BCUT2D eigenvalue weighted by molar-refractivity contribution is 5.92. The third-order valence-electron chi connectivity index (χ3n) is 3.36. The average Bonchev–Trinajstić information content (AvgIpc) is 3.17. The van der Waals surface area contributed by atoms with Crippen LogP contribution in [-0.4, -0.2) is 38.8 Å². The van der Waals surface area contributed by atoms with Crippen LogP contribution >= 0.6 is 0 Å². The van der Waals surface area contributed by atoms with Crippen LogP contribution in [0.3, 0.4) is 0 Å². The number of benzene rings is 1. The Hall–Kier alpha value is -2.70. The van der Waals surface area contributed by atoms with E-state index in [0.717, 1.165) is 18.5 Å². The fraction of sp³-hybridized carbons (Fsp3) is 0.333. The van der Waals surface area contributed by atoms with Gasteiger partial charge in [0, 0.05) is 6.04 Å². The van der Waals surface area contributed by atoms with E-state index < -0.39 is 12.1 Å². The molecule has 1 amide bonds. The Balaban J connectivity index is 1.60. The SMILES string of the molecule is CC(OC(=O)c1ccc(-n2cncn2)cc1)C(=O)NC1CC1. The van der Waals surface area contributed by atoms with Crippen LogP contribution in [0, 0.1) is 0 Å². The Bertz CT molecular complexity index is 663. The molecule has 1 heterocycles. The summed E-state index contributed by atoms with van der Waals surface area (Å²) >= 11 is 0. The number of carbonyl (C=O) groups excluding carboxylic acids is 2. The normalized spacial score (nSPS) is 15.1. The van der Waals surface area contributed by atoms with Crippen LogP contribution < -0.4 is 5.32 Å². The van der Waals surface area contributed by atoms with Gasteiger partial charge in [-0.2, -0.15) is 5.10 Å². The quantitative estimate of drug-likeness (QED) is 0.835. The monoisotopic (exact) mass is 300 g/mol. The Morgan fingerprint density at radius 1 is 1.32 bits per heavy atom. The van der Waals surface area contributed by atoms with E-state index >= 15 is 0 Å². The van der Waals surface area contributed by atoms with Crippen molar-refractivity contribution in [2.75, 3.05) is 0 Å². The first-order valence-corrected chi connectivity index (χ1v) is 7.10. The molecule has 114 valence electrons. The number of esters is 1. The maximum Gasteiger partial charge on any atom is 0.338 e. The minimum Gasteiger partial charge on any atom is -0.449 e. The molecule has 1 aromatic carbocycles. The lowest BCUT2D eigenvalue weighted by molar-refractivity contribution is -0.129. The lowest BCUT2D eigenvalue weighted by atomic mass is 10.2. The van der Waals surface area contributed by atoms with E-state index in [1.54, 1.807) is 42.2 Å². The van der Waals surface area contributed by atoms with Crippen molar-refractivity contribution in [1.82, 2.24) is 20.1 Å². The highest BCUT2D eigenvalue weighted by Crippen LogP contribution is 2.19. The fourth-order valence-corrected chi connectivity index (χ4v) is 1.92. The predicted octanol–water partition coefficient (Wildman–Crippen LogP) is 1.09. The van der Waals surface area contributed by atoms with Gasteiger partial charge in [0.05, 0.1) is 11.3 Å². The molecular weight excluding hydrogens is 284 g/mol. The predicted molar refractivity (Wildman–Crippen MR) is 77.4 cm³/mol. The van der Waals surface area contributed by atoms with Gasteiger partial charge in [-0.15, -0.1) is 0 Å². The number of rotatable bonds is 5. The standard InChI is InChI=1S/C15H16N4O3/c1-10(14(20)18-12-4-5-12)22-15(21)11-2-6-13(7-3-11)19-9-16-8-17-19/h2-3,6-10,12H,4-5H2,1H3,(H,18,20). The van der Waals surface area contributed by atoms with Crippen LogP contribution in [0.5, 0.6) is 0 Å². The molecule has 3 rings (SSSR count). The maximum absolute atomic E-state index is 12.0. The number of carbonyl (C=O) groups is 2. The lowest BCUT2D eigenvalue weighted by Crippen LogP contribution is -2.37. The van der Waals surface area contributed by atoms with E-state index in [-0.39, 0.29) is 11.9 Å². The average molecular weight is 300 g/mol. The van der Waals surface area contributed by atoms with Crippen LogP contribution in [0.15, 0.2) is 36.9 Å². The first kappa shape index (κ1) is 14.2. The summed E-state index contributed by atoms with van der Waals surface area (Å²) in [6.45, 7) is 1.57. The number of hydrogen-bond acceptors (Lipinski definition) is 5. The van der Waals surface area contributed by atoms with Crippen LogP contribution in [0.25, 0.3) is 5.69 Å². The summed E-state index contributed by atoms with van der Waals surface area (Å²) < 4.78 is 6.76. The minimum atomic E-state index is -0.803. The van der Waals surface area contributed by atoms with Crippen molar-refractivity contribution in [3.63, 3.8) is 0 Å². The molecule has 1 aliphatic carbocycles. The summed E-state index contributed by atoms with van der Waals surface area (Å²) in [7, 11) is 0. The van der Waals surface area contributed by atoms with Gasteiger partial charge in [0.2, 0.25) is 0 Å². The lowest BCUT2D eigenvalue weighted by Gasteiger charge is -2.13. The number of aromatic nitrogens is 3. The number of nitrogens with one attached hydrogen (secondary N) is 1. The van der Waals surface area contributed by atoms with Crippen LogP contribution in [0.1, 0.15) is 30.1 Å². The van der Waals surface area contributed by atoms with Crippen molar-refractivity contribution in [3.8, 4) is 5.69 Å². The molecular formula is C15H16N4O3. The second-order valence-electron chi connectivity index (χ2n) is 5.22. The van der Waals surface area contributed by atoms with Gasteiger partial charge in [0.15, 0.2) is 6.10 Å². The third-order valence-corrected chi connectivity index (χ3v) is 3.36. The summed E-state index contributed by atoms with van der Waals surface area (Å²) in [6.07, 6.45) is 4.19. The van der Waals surface area contributed by atoms with Crippen molar-refractivity contribution < 1.29 is 14.3 Å². The first-order chi connectivity index (χ1) is 10.6. The van der Waals surface area contributed by atoms with E-state index in [4.69, 9.17) is 4.74 Å². The van der Waals surface area contributed by atoms with Gasteiger partial charge in [-0.25, -0.2) is 14.5 Å². The number of amides is 1. The van der Waals surface area contributed by atoms with Gasteiger partial charge in [0.1, 0.15) is 12.7 Å². The molecule has 22 heavy (non-hydrogen) atoms. The molecule has 1 fully saturated rings. The smallest absolute Gasteiger partial charge is 0.338 e. The summed E-state index contributed by atoms with van der Waals surface area (Å²) in [5, 5.41) is 6.81. The Labute approximate surface area is 127 Å². The van der Waals surface area contributed by atoms with Gasteiger partial charge in [-0.3, -0.25) is 4.79 Å². The molecule has 1 aliphatic rings. The highest BCUT2D eigenvalue weighted by Gasteiger charge is 2.27. The van der Waals surface area contributed by atoms with E-state index in [1.807, 2.05) is 0 Å². The highest BCUT2D eigenvalue weighted by atomic mass is 16.5. The summed E-state index contributed by atoms with van der Waals surface area (Å²) in [4.78, 5) is 27.6. The molecule has 0 bridgehead atoms. The molecule has 7 heteroatoms. The molecule has 1 saturated carbocycles. The number of ether oxygens (including phenoxy) is 1. The molecule has 0 spiro atoms. The van der Waals surface area contributed by atoms with E-state index in [2.05, 4.69) is 15.4 Å². The topological polar surface area (TPSA) is 86.1 Å². The van der Waals surface area contributed by atoms with E-state index in [1.165, 1.54) is 6.33 Å². The largest absolute Gasteiger partial charge is 0.449 e. The third kappa shape index (κ3) is 3.30. The van der Waals surface area contributed by atoms with Crippen LogP contribution in [0.2, 0.25) is 0 Å². The van der Waals surface area contributed by atoms with Gasteiger partial charge in [0.25, 0.3) is 5.91 Å². The van der Waals surface area contributed by atoms with Gasteiger partial charge >= 0.3 is 5.97 Å². The summed E-state index contributed by atoms with van der Waals surface area (Å²) in [5.41, 5.74) is 1.17. The zero-order chi connectivity index (χ0) is 15.5. The molecule has 1 N–H and O–H groups in total. The van der Waals surface area contributed by atoms with Crippen molar-refractivity contribution in [2.24, 2.45) is 0 Å². The van der Waals surface area contributed by atoms with E-state index in [9.17, 15) is 9.59 Å². The summed E-state index contributed by atoms with van der Waals surface area (Å²) in [5.74, 6) is -0.779. The first-order valence-electron chi connectivity index (χ1n) is 7.10. The molecule has 7 nitrogen and oxygen atoms in total. The van der Waals surface area contributed by atoms with Crippen molar-refractivity contribution in [2.45, 2.75) is 31.9 Å². The second kappa shape index (κ2) is 5.97. The molecule has 0 radical (unpaired) electrons. The molecule has 1 unspecified atom stereocenters. The van der Waals surface area contributed by atoms with Crippen molar-refractivity contribution in [3.05, 3.63) is 42.5 Å². The fourth-order valence-electron chi connectivity index (χ4n) is 1.92. The molecule has 1 atom stereocenters. The molecule has 0 saturated heterocycles. The molecule has 1 aromatic heterocycles. The van der Waals surface area contributed by atoms with Crippen LogP contribution in [0.4, 0.5) is 0 Å². The molecule has 2 aromatic rings. The zero-order valence-electron chi connectivity index (χ0n) is 12.1. The Kier molecular flexibility index (Phi) is 3.86. The van der Waals surface area contributed by atoms with Crippen molar-refractivity contribution >= 4 is 11.9 Å². The maximum atomic E-state index is 12.0. The van der Waals surface area contributed by atoms with Crippen molar-refractivity contribution in [1.29, 1.82) is 0 Å². The summed E-state index contributed by atoms with van der Waals surface area (Å²) in [6, 6.07) is 6.98. The number of nitrogens with zero attached hydrogens (tertiary/aromatic N) is 3. The van der Waals surface area contributed by atoms with Gasteiger partial charge in [-0.05, 0) is 44.0 Å². The zero-order valence-corrected chi connectivity index (χ0v) is 12.1. The Morgan fingerprint density at radius 2 is 2.05 bits per heavy atom. The molecule has 0 aliphatic heterocycles. The van der Waals surface area contributed by atoms with E-state index in [0.29, 0.717) is 5.56 Å². The number of hydrogen-bond donors (Lipinski definition) is 1.